The lowest BCUT2D eigenvalue weighted by molar-refractivity contribution is -0.907. The summed E-state index contributed by atoms with van der Waals surface area (Å²) in [7, 11) is 0. The van der Waals surface area contributed by atoms with E-state index in [4.69, 9.17) is 9.15 Å². The van der Waals surface area contributed by atoms with E-state index in [-0.39, 0.29) is 11.5 Å². The van der Waals surface area contributed by atoms with E-state index >= 15 is 0 Å². The lowest BCUT2D eigenvalue weighted by atomic mass is 9.93. The van der Waals surface area contributed by atoms with Crippen molar-refractivity contribution in [3.8, 4) is 0 Å². The Morgan fingerprint density at radius 1 is 1.17 bits per heavy atom. The summed E-state index contributed by atoms with van der Waals surface area (Å²) in [5.41, 5.74) is 0.0868. The van der Waals surface area contributed by atoms with Crippen LogP contribution in [0.2, 0.25) is 0 Å². The van der Waals surface area contributed by atoms with Gasteiger partial charge in [-0.15, -0.1) is 0 Å². The van der Waals surface area contributed by atoms with Crippen LogP contribution in [0.5, 0.6) is 0 Å². The zero-order valence-corrected chi connectivity index (χ0v) is 16.8. The van der Waals surface area contributed by atoms with Crippen LogP contribution in [-0.4, -0.2) is 56.7 Å². The number of carbonyl (C=O) groups excluding carboxylic acids is 1. The number of nitrogens with zero attached hydrogens (tertiary/aromatic N) is 1. The molecule has 0 spiro atoms. The molecular weight excluding hydrogens is 368 g/mol. The molecule has 2 heterocycles. The number of benzene rings is 1. The quantitative estimate of drug-likeness (QED) is 0.593. The van der Waals surface area contributed by atoms with E-state index in [1.807, 2.05) is 23.1 Å². The lowest BCUT2D eigenvalue weighted by Gasteiger charge is -2.30. The number of rotatable bonds is 6. The second-order valence-corrected chi connectivity index (χ2v) is 8.00. The molecule has 1 N–H and O–H groups in total. The maximum Gasteiger partial charge on any atom is 0.349 e. The van der Waals surface area contributed by atoms with Crippen LogP contribution in [0.15, 0.2) is 51.7 Å². The van der Waals surface area contributed by atoms with Gasteiger partial charge in [-0.1, -0.05) is 30.4 Å². The number of ether oxygens (including phenoxy) is 1. The molecular formula is C23H29N2O4+. The largest absolute Gasteiger partial charge is 0.422 e. The van der Waals surface area contributed by atoms with Crippen molar-refractivity contribution in [2.45, 2.75) is 19.3 Å². The van der Waals surface area contributed by atoms with E-state index in [1.54, 1.807) is 12.1 Å². The summed E-state index contributed by atoms with van der Waals surface area (Å²) < 4.78 is 10.9. The molecule has 6 heteroatoms. The predicted octanol–water partition coefficient (Wildman–Crippen LogP) is 1.51. The van der Waals surface area contributed by atoms with Gasteiger partial charge in [0.1, 0.15) is 24.2 Å². The summed E-state index contributed by atoms with van der Waals surface area (Å²) in [5, 5.41) is 0.773. The third-order valence-electron chi connectivity index (χ3n) is 5.95. The summed E-state index contributed by atoms with van der Waals surface area (Å²) in [4.78, 5) is 29.2. The Hall–Kier alpha value is -2.44. The van der Waals surface area contributed by atoms with Gasteiger partial charge in [-0.25, -0.2) is 4.79 Å². The zero-order chi connectivity index (χ0) is 20.1. The molecule has 0 bridgehead atoms. The van der Waals surface area contributed by atoms with Crippen molar-refractivity contribution >= 4 is 16.9 Å². The van der Waals surface area contributed by atoms with Crippen LogP contribution in [0.25, 0.3) is 11.0 Å². The molecule has 6 nitrogen and oxygen atoms in total. The Balaban J connectivity index is 1.54. The molecule has 154 valence electrons. The Morgan fingerprint density at radius 2 is 2.00 bits per heavy atom. The Morgan fingerprint density at radius 3 is 2.79 bits per heavy atom. The second-order valence-electron chi connectivity index (χ2n) is 8.00. The minimum absolute atomic E-state index is 0.132. The Bertz CT molecular complexity index is 930. The molecule has 0 radical (unpaired) electrons. The Kier molecular flexibility index (Phi) is 6.42. The topological polar surface area (TPSA) is 64.2 Å². The van der Waals surface area contributed by atoms with Crippen LogP contribution in [0.4, 0.5) is 0 Å². The number of para-hydroxylation sites is 1. The average Bonchev–Trinajstić information content (AvgIpc) is 2.77. The third kappa shape index (κ3) is 4.95. The number of fused-ring (bicyclic) bond motifs is 1. The first-order valence-corrected chi connectivity index (χ1v) is 10.6. The van der Waals surface area contributed by atoms with Crippen LogP contribution in [0, 0.1) is 5.92 Å². The Labute approximate surface area is 170 Å². The fraction of sp³-hybridized carbons (Fsp3) is 0.478. The first-order valence-electron chi connectivity index (χ1n) is 10.6. The van der Waals surface area contributed by atoms with Gasteiger partial charge in [0.25, 0.3) is 5.91 Å². The second kappa shape index (κ2) is 9.37. The zero-order valence-electron chi connectivity index (χ0n) is 16.8. The summed E-state index contributed by atoms with van der Waals surface area (Å²) in [6, 6.07) is 8.99. The first-order chi connectivity index (χ1) is 14.2. The fourth-order valence-corrected chi connectivity index (χ4v) is 4.19. The summed E-state index contributed by atoms with van der Waals surface area (Å²) >= 11 is 0. The highest BCUT2D eigenvalue weighted by Gasteiger charge is 2.25. The number of carbonyl (C=O) groups is 1. The van der Waals surface area contributed by atoms with E-state index in [1.165, 1.54) is 4.90 Å². The van der Waals surface area contributed by atoms with E-state index in [9.17, 15) is 9.59 Å². The van der Waals surface area contributed by atoms with Crippen LogP contribution >= 0.6 is 0 Å². The van der Waals surface area contributed by atoms with Crippen molar-refractivity contribution in [2.24, 2.45) is 5.92 Å². The number of allylic oxidation sites excluding steroid dienone is 2. The minimum Gasteiger partial charge on any atom is -0.422 e. The number of quaternary nitrogens is 1. The molecule has 2 aliphatic rings. The number of hydrogen-bond acceptors (Lipinski definition) is 4. The molecule has 1 aliphatic carbocycles. The van der Waals surface area contributed by atoms with E-state index in [0.717, 1.165) is 57.5 Å². The molecule has 0 saturated carbocycles. The van der Waals surface area contributed by atoms with Gasteiger partial charge >= 0.3 is 5.63 Å². The maximum atomic E-state index is 13.4. The molecule has 1 fully saturated rings. The van der Waals surface area contributed by atoms with Crippen LogP contribution in [0.1, 0.15) is 29.6 Å². The highest BCUT2D eigenvalue weighted by molar-refractivity contribution is 5.96. The van der Waals surface area contributed by atoms with Crippen molar-refractivity contribution in [1.29, 1.82) is 0 Å². The molecule has 1 aromatic heterocycles. The van der Waals surface area contributed by atoms with Gasteiger partial charge in [-0.2, -0.15) is 0 Å². The SMILES string of the molecule is O=C(c1cc2ccccc2oc1=O)N(CC[NH+]1CCOCC1)C[C@H]1CC=CCC1. The van der Waals surface area contributed by atoms with Crippen molar-refractivity contribution in [3.05, 3.63) is 58.5 Å². The van der Waals surface area contributed by atoms with E-state index in [2.05, 4.69) is 12.2 Å². The number of amides is 1. The van der Waals surface area contributed by atoms with Gasteiger partial charge in [-0.05, 0) is 37.3 Å². The minimum atomic E-state index is -0.555. The normalized spacial score (nSPS) is 20.1. The van der Waals surface area contributed by atoms with E-state index in [0.29, 0.717) is 24.6 Å². The summed E-state index contributed by atoms with van der Waals surface area (Å²) in [6.07, 6.45) is 7.53. The van der Waals surface area contributed by atoms with Crippen molar-refractivity contribution < 1.29 is 18.8 Å². The lowest BCUT2D eigenvalue weighted by Crippen LogP contribution is -3.14. The predicted molar refractivity (Wildman–Crippen MR) is 111 cm³/mol. The molecule has 29 heavy (non-hydrogen) atoms. The standard InChI is InChI=1S/C23H28N2O4/c26-22(20-16-19-8-4-5-9-21(19)29-23(20)27)25(17-18-6-2-1-3-7-18)11-10-24-12-14-28-15-13-24/h1-2,4-5,8-9,16,18H,3,6-7,10-15,17H2/p+1/t18-/m0/s1. The monoisotopic (exact) mass is 397 g/mol. The molecule has 0 unspecified atom stereocenters. The highest BCUT2D eigenvalue weighted by atomic mass is 16.5. The van der Waals surface area contributed by atoms with Gasteiger partial charge in [-0.3, -0.25) is 4.79 Å². The van der Waals surface area contributed by atoms with Gasteiger partial charge in [0.15, 0.2) is 0 Å². The van der Waals surface area contributed by atoms with Gasteiger partial charge in [0, 0.05) is 11.9 Å². The molecule has 1 amide bonds. The van der Waals surface area contributed by atoms with Crippen molar-refractivity contribution in [2.75, 3.05) is 45.9 Å². The molecule has 1 atom stereocenters. The maximum absolute atomic E-state index is 13.4. The molecule has 1 aromatic carbocycles. The number of hydrogen-bond donors (Lipinski definition) is 1. The fourth-order valence-electron chi connectivity index (χ4n) is 4.19. The summed E-state index contributed by atoms with van der Waals surface area (Å²) in [5.74, 6) is 0.225. The smallest absolute Gasteiger partial charge is 0.349 e. The molecule has 2 aromatic rings. The number of morpholine rings is 1. The van der Waals surface area contributed by atoms with E-state index < -0.39 is 5.63 Å². The molecule has 4 rings (SSSR count). The highest BCUT2D eigenvalue weighted by Crippen LogP contribution is 2.20. The van der Waals surface area contributed by atoms with Gasteiger partial charge in [0.2, 0.25) is 0 Å². The van der Waals surface area contributed by atoms with Crippen LogP contribution in [0.3, 0.4) is 0 Å². The van der Waals surface area contributed by atoms with Gasteiger partial charge in [0.05, 0.1) is 26.3 Å². The summed E-state index contributed by atoms with van der Waals surface area (Å²) in [6.45, 7) is 5.66. The number of nitrogens with one attached hydrogen (secondary N) is 1. The first kappa shape index (κ1) is 19.9. The molecule has 1 aliphatic heterocycles. The van der Waals surface area contributed by atoms with Crippen molar-refractivity contribution in [3.63, 3.8) is 0 Å². The van der Waals surface area contributed by atoms with Gasteiger partial charge < -0.3 is 19.0 Å². The third-order valence-corrected chi connectivity index (χ3v) is 5.95. The van der Waals surface area contributed by atoms with Crippen LogP contribution < -0.4 is 10.5 Å². The molecule has 1 saturated heterocycles. The van der Waals surface area contributed by atoms with Crippen LogP contribution in [-0.2, 0) is 4.74 Å². The average molecular weight is 397 g/mol. The van der Waals surface area contributed by atoms with Crippen molar-refractivity contribution in [1.82, 2.24) is 4.90 Å².